The zero-order chi connectivity index (χ0) is 14.3. The summed E-state index contributed by atoms with van der Waals surface area (Å²) in [5.74, 6) is -2.01. The van der Waals surface area contributed by atoms with Crippen molar-refractivity contribution in [1.29, 1.82) is 0 Å². The molecule has 2 unspecified atom stereocenters. The van der Waals surface area contributed by atoms with Gasteiger partial charge in [0.05, 0.1) is 12.7 Å². The van der Waals surface area contributed by atoms with E-state index in [9.17, 15) is 13.6 Å². The third kappa shape index (κ3) is 2.43. The van der Waals surface area contributed by atoms with Crippen LogP contribution in [0.2, 0.25) is 0 Å². The number of carbonyl (C=O) groups excluding carboxylic acids is 1. The number of halogens is 2. The molecule has 2 bridgehead atoms. The fraction of sp³-hybridized carbons (Fsp3) is 0.533. The SMILES string of the molecule is COc1c(F)cc(F)cc1C(=O)C1CC2CCC(C1)S2. The van der Waals surface area contributed by atoms with Gasteiger partial charge in [-0.2, -0.15) is 11.8 Å². The molecule has 2 aliphatic heterocycles. The molecule has 0 aromatic heterocycles. The first-order valence-corrected chi connectivity index (χ1v) is 7.75. The van der Waals surface area contributed by atoms with Crippen LogP contribution in [0.4, 0.5) is 8.78 Å². The van der Waals surface area contributed by atoms with E-state index in [0.717, 1.165) is 37.8 Å². The van der Waals surface area contributed by atoms with Crippen LogP contribution in [0.25, 0.3) is 0 Å². The van der Waals surface area contributed by atoms with Gasteiger partial charge in [-0.05, 0) is 31.7 Å². The summed E-state index contributed by atoms with van der Waals surface area (Å²) < 4.78 is 32.0. The lowest BCUT2D eigenvalue weighted by atomic mass is 9.90. The van der Waals surface area contributed by atoms with Crippen LogP contribution in [-0.4, -0.2) is 23.4 Å². The zero-order valence-electron chi connectivity index (χ0n) is 11.2. The van der Waals surface area contributed by atoms with Gasteiger partial charge in [-0.3, -0.25) is 4.79 Å². The highest BCUT2D eigenvalue weighted by molar-refractivity contribution is 8.00. The second-order valence-corrected chi connectivity index (χ2v) is 7.06. The van der Waals surface area contributed by atoms with Gasteiger partial charge in [0.2, 0.25) is 0 Å². The molecule has 0 aliphatic carbocycles. The molecule has 0 spiro atoms. The first-order chi connectivity index (χ1) is 9.58. The Labute approximate surface area is 120 Å². The number of hydrogen-bond acceptors (Lipinski definition) is 3. The lowest BCUT2D eigenvalue weighted by molar-refractivity contribution is 0.0902. The largest absolute Gasteiger partial charge is 0.493 e. The Bertz CT molecular complexity index is 535. The number of methoxy groups -OCH3 is 1. The van der Waals surface area contributed by atoms with E-state index < -0.39 is 11.6 Å². The van der Waals surface area contributed by atoms with Gasteiger partial charge < -0.3 is 4.74 Å². The minimum Gasteiger partial charge on any atom is -0.493 e. The van der Waals surface area contributed by atoms with Gasteiger partial charge in [-0.1, -0.05) is 0 Å². The second kappa shape index (κ2) is 5.35. The fourth-order valence-corrected chi connectivity index (χ4v) is 5.02. The van der Waals surface area contributed by atoms with E-state index >= 15 is 0 Å². The van der Waals surface area contributed by atoms with Crippen LogP contribution in [0.5, 0.6) is 5.75 Å². The average molecular weight is 298 g/mol. The Kier molecular flexibility index (Phi) is 3.71. The molecule has 1 aromatic rings. The van der Waals surface area contributed by atoms with Crippen LogP contribution in [-0.2, 0) is 0 Å². The summed E-state index contributed by atoms with van der Waals surface area (Å²) in [5, 5.41) is 1.04. The highest BCUT2D eigenvalue weighted by Gasteiger charge is 2.38. The van der Waals surface area contributed by atoms with E-state index in [1.54, 1.807) is 0 Å². The summed E-state index contributed by atoms with van der Waals surface area (Å²) >= 11 is 1.95. The molecule has 0 radical (unpaired) electrons. The van der Waals surface area contributed by atoms with Gasteiger partial charge in [-0.15, -0.1) is 0 Å². The summed E-state index contributed by atoms with van der Waals surface area (Å²) in [6, 6.07) is 1.84. The van der Waals surface area contributed by atoms with Crippen molar-refractivity contribution in [3.63, 3.8) is 0 Å². The number of rotatable bonds is 3. The molecule has 2 nitrogen and oxygen atoms in total. The van der Waals surface area contributed by atoms with E-state index in [4.69, 9.17) is 4.74 Å². The first-order valence-electron chi connectivity index (χ1n) is 6.81. The average Bonchev–Trinajstić information content (AvgIpc) is 2.75. The van der Waals surface area contributed by atoms with Crippen LogP contribution in [0.15, 0.2) is 12.1 Å². The van der Waals surface area contributed by atoms with E-state index in [1.165, 1.54) is 7.11 Å². The van der Waals surface area contributed by atoms with Gasteiger partial charge in [0.15, 0.2) is 17.3 Å². The molecule has 5 heteroatoms. The molecule has 2 atom stereocenters. The molecule has 20 heavy (non-hydrogen) atoms. The highest BCUT2D eigenvalue weighted by atomic mass is 32.2. The van der Waals surface area contributed by atoms with Crippen LogP contribution in [0, 0.1) is 17.6 Å². The number of hydrogen-bond donors (Lipinski definition) is 0. The summed E-state index contributed by atoms with van der Waals surface area (Å²) in [6.45, 7) is 0. The minimum atomic E-state index is -0.816. The predicted octanol–water partition coefficient (Wildman–Crippen LogP) is 3.83. The third-order valence-corrected chi connectivity index (χ3v) is 5.77. The third-order valence-electron chi connectivity index (χ3n) is 4.14. The van der Waals surface area contributed by atoms with Crippen LogP contribution >= 0.6 is 11.8 Å². The monoisotopic (exact) mass is 298 g/mol. The Balaban J connectivity index is 1.90. The molecular formula is C15H16F2O2S. The number of ether oxygens (including phenoxy) is 1. The number of carbonyl (C=O) groups is 1. The number of fused-ring (bicyclic) bond motifs is 2. The smallest absolute Gasteiger partial charge is 0.169 e. The molecule has 0 N–H and O–H groups in total. The van der Waals surface area contributed by atoms with Crippen molar-refractivity contribution in [3.05, 3.63) is 29.3 Å². The van der Waals surface area contributed by atoms with E-state index in [-0.39, 0.29) is 23.0 Å². The standard InChI is InChI=1S/C15H16F2O2S/c1-19-15-12(6-9(16)7-13(15)17)14(18)8-4-10-2-3-11(5-8)20-10/h6-8,10-11H,2-5H2,1H3. The maximum atomic E-state index is 13.7. The molecule has 0 amide bonds. The number of thioether (sulfide) groups is 1. The molecule has 1 aromatic carbocycles. The number of Topliss-reactive ketones (excluding diaryl/α,β-unsaturated/α-hetero) is 1. The Morgan fingerprint density at radius 2 is 1.90 bits per heavy atom. The van der Waals surface area contributed by atoms with Crippen molar-refractivity contribution in [2.75, 3.05) is 7.11 Å². The fourth-order valence-electron chi connectivity index (χ4n) is 3.24. The molecule has 2 fully saturated rings. The zero-order valence-corrected chi connectivity index (χ0v) is 12.0. The predicted molar refractivity (Wildman–Crippen MR) is 74.4 cm³/mol. The highest BCUT2D eigenvalue weighted by Crippen LogP contribution is 2.47. The molecule has 2 saturated heterocycles. The normalized spacial score (nSPS) is 28.4. The van der Waals surface area contributed by atoms with Gasteiger partial charge in [0, 0.05) is 22.5 Å². The molecular weight excluding hydrogens is 282 g/mol. The second-order valence-electron chi connectivity index (χ2n) is 5.46. The summed E-state index contributed by atoms with van der Waals surface area (Å²) in [7, 11) is 1.30. The van der Waals surface area contributed by atoms with Gasteiger partial charge >= 0.3 is 0 Å². The summed E-state index contributed by atoms with van der Waals surface area (Å²) in [5.41, 5.74) is 0.0429. The van der Waals surface area contributed by atoms with Gasteiger partial charge in [-0.25, -0.2) is 8.78 Å². The lowest BCUT2D eigenvalue weighted by Crippen LogP contribution is -2.25. The molecule has 2 aliphatic rings. The maximum Gasteiger partial charge on any atom is 0.169 e. The minimum absolute atomic E-state index is 0.0429. The van der Waals surface area contributed by atoms with Gasteiger partial charge in [0.25, 0.3) is 0 Å². The topological polar surface area (TPSA) is 26.3 Å². The van der Waals surface area contributed by atoms with Gasteiger partial charge in [0.1, 0.15) is 5.82 Å². The van der Waals surface area contributed by atoms with Crippen LogP contribution < -0.4 is 4.74 Å². The Morgan fingerprint density at radius 3 is 2.50 bits per heavy atom. The number of benzene rings is 1. The first kappa shape index (κ1) is 13.9. The van der Waals surface area contributed by atoms with E-state index in [1.807, 2.05) is 11.8 Å². The molecule has 0 saturated carbocycles. The molecule has 108 valence electrons. The van der Waals surface area contributed by atoms with Crippen molar-refractivity contribution in [1.82, 2.24) is 0 Å². The Morgan fingerprint density at radius 1 is 1.25 bits per heavy atom. The van der Waals surface area contributed by atoms with Crippen LogP contribution in [0.1, 0.15) is 36.0 Å². The van der Waals surface area contributed by atoms with Crippen molar-refractivity contribution in [3.8, 4) is 5.75 Å². The molecule has 2 heterocycles. The lowest BCUT2D eigenvalue weighted by Gasteiger charge is -2.26. The maximum absolute atomic E-state index is 13.7. The Hall–Kier alpha value is -1.10. The molecule has 3 rings (SSSR count). The van der Waals surface area contributed by atoms with Crippen molar-refractivity contribution in [2.24, 2.45) is 5.92 Å². The quantitative estimate of drug-likeness (QED) is 0.793. The summed E-state index contributed by atoms with van der Waals surface area (Å²) in [6.07, 6.45) is 3.91. The number of ketones is 1. The van der Waals surface area contributed by atoms with E-state index in [0.29, 0.717) is 10.5 Å². The van der Waals surface area contributed by atoms with Crippen molar-refractivity contribution in [2.45, 2.75) is 36.2 Å². The van der Waals surface area contributed by atoms with Crippen LogP contribution in [0.3, 0.4) is 0 Å². The van der Waals surface area contributed by atoms with Crippen molar-refractivity contribution < 1.29 is 18.3 Å². The van der Waals surface area contributed by atoms with E-state index in [2.05, 4.69) is 0 Å². The summed E-state index contributed by atoms with van der Waals surface area (Å²) in [4.78, 5) is 12.6. The van der Waals surface area contributed by atoms with Crippen molar-refractivity contribution >= 4 is 17.5 Å².